The van der Waals surface area contributed by atoms with Crippen molar-refractivity contribution in [1.29, 1.82) is 0 Å². The highest BCUT2D eigenvalue weighted by atomic mass is 79.9. The SMILES string of the molecule is CC(C)(C)NC(=O)[C@@H](Cc1ccccc1)N(Cc1cccc(Br)c1)C(=O)CN(c1ccccc1)S(=O)(=O)c1ccc(Cl)cc1. The van der Waals surface area contributed by atoms with Crippen molar-refractivity contribution in [3.63, 3.8) is 0 Å². The molecule has 0 fully saturated rings. The zero-order chi connectivity index (χ0) is 31.9. The van der Waals surface area contributed by atoms with Gasteiger partial charge in [0.25, 0.3) is 10.0 Å². The van der Waals surface area contributed by atoms with Crippen LogP contribution in [0.2, 0.25) is 5.02 Å². The number of hydrogen-bond donors (Lipinski definition) is 1. The lowest BCUT2D eigenvalue weighted by atomic mass is 10.0. The summed E-state index contributed by atoms with van der Waals surface area (Å²) in [5.41, 5.74) is 1.39. The van der Waals surface area contributed by atoms with E-state index in [1.165, 1.54) is 29.2 Å². The van der Waals surface area contributed by atoms with Gasteiger partial charge in [0, 0.05) is 28.0 Å². The van der Waals surface area contributed by atoms with Crippen LogP contribution in [0, 0.1) is 0 Å². The molecule has 0 unspecified atom stereocenters. The van der Waals surface area contributed by atoms with Gasteiger partial charge in [-0.05, 0) is 80.4 Å². The first-order valence-corrected chi connectivity index (χ1v) is 16.7. The van der Waals surface area contributed by atoms with Crippen molar-refractivity contribution in [2.45, 2.75) is 50.2 Å². The van der Waals surface area contributed by atoms with E-state index in [9.17, 15) is 18.0 Å². The molecular weight excluding hydrogens is 662 g/mol. The third kappa shape index (κ3) is 8.94. The summed E-state index contributed by atoms with van der Waals surface area (Å²) in [5, 5.41) is 3.42. The molecule has 2 amide bonds. The van der Waals surface area contributed by atoms with E-state index in [0.29, 0.717) is 10.7 Å². The maximum Gasteiger partial charge on any atom is 0.264 e. The molecule has 0 aliphatic carbocycles. The zero-order valence-electron chi connectivity index (χ0n) is 24.8. The zero-order valence-corrected chi connectivity index (χ0v) is 27.9. The van der Waals surface area contributed by atoms with Crippen LogP contribution in [0.5, 0.6) is 0 Å². The van der Waals surface area contributed by atoms with Gasteiger partial charge < -0.3 is 10.2 Å². The maximum atomic E-state index is 14.5. The van der Waals surface area contributed by atoms with Crippen LogP contribution in [-0.2, 0) is 32.6 Å². The minimum atomic E-state index is -4.19. The molecule has 0 heterocycles. The lowest BCUT2D eigenvalue weighted by molar-refractivity contribution is -0.140. The number of rotatable bonds is 11. The Balaban J connectivity index is 1.80. The minimum Gasteiger partial charge on any atom is -0.350 e. The van der Waals surface area contributed by atoms with Crippen LogP contribution in [0.25, 0.3) is 0 Å². The average molecular weight is 697 g/mol. The molecule has 1 atom stereocenters. The predicted octanol–water partition coefficient (Wildman–Crippen LogP) is 6.85. The van der Waals surface area contributed by atoms with Crippen LogP contribution >= 0.6 is 27.5 Å². The summed E-state index contributed by atoms with van der Waals surface area (Å²) in [4.78, 5) is 29.8. The van der Waals surface area contributed by atoms with Crippen LogP contribution in [0.15, 0.2) is 119 Å². The maximum absolute atomic E-state index is 14.5. The third-order valence-electron chi connectivity index (χ3n) is 6.74. The number of carbonyl (C=O) groups excluding carboxylic acids is 2. The van der Waals surface area contributed by atoms with Gasteiger partial charge in [0.05, 0.1) is 10.6 Å². The summed E-state index contributed by atoms with van der Waals surface area (Å²) in [7, 11) is -4.19. The molecule has 4 rings (SSSR count). The van der Waals surface area contributed by atoms with Crippen molar-refractivity contribution in [2.24, 2.45) is 0 Å². The summed E-state index contributed by atoms with van der Waals surface area (Å²) in [5.74, 6) is -0.868. The summed E-state index contributed by atoms with van der Waals surface area (Å²) in [6.45, 7) is 5.18. The number of anilines is 1. The second kappa shape index (κ2) is 14.4. The van der Waals surface area contributed by atoms with Crippen molar-refractivity contribution in [3.8, 4) is 0 Å². The third-order valence-corrected chi connectivity index (χ3v) is 9.27. The fourth-order valence-corrected chi connectivity index (χ4v) is 6.68. The van der Waals surface area contributed by atoms with Gasteiger partial charge in [-0.15, -0.1) is 0 Å². The predicted molar refractivity (Wildman–Crippen MR) is 179 cm³/mol. The minimum absolute atomic E-state index is 0.0107. The largest absolute Gasteiger partial charge is 0.350 e. The molecule has 4 aromatic rings. The molecule has 10 heteroatoms. The van der Waals surface area contributed by atoms with E-state index in [-0.39, 0.29) is 23.8 Å². The molecule has 230 valence electrons. The summed E-state index contributed by atoms with van der Waals surface area (Å²) in [6.07, 6.45) is 0.234. The van der Waals surface area contributed by atoms with Crippen LogP contribution in [0.1, 0.15) is 31.9 Å². The molecule has 1 N–H and O–H groups in total. The highest BCUT2D eigenvalue weighted by Gasteiger charge is 2.35. The number of nitrogens with zero attached hydrogens (tertiary/aromatic N) is 2. The van der Waals surface area contributed by atoms with Crippen molar-refractivity contribution < 1.29 is 18.0 Å². The molecule has 0 saturated heterocycles. The molecule has 7 nitrogen and oxygen atoms in total. The van der Waals surface area contributed by atoms with Crippen molar-refractivity contribution >= 4 is 55.1 Å². The molecule has 44 heavy (non-hydrogen) atoms. The van der Waals surface area contributed by atoms with E-state index >= 15 is 0 Å². The van der Waals surface area contributed by atoms with Crippen molar-refractivity contribution in [1.82, 2.24) is 10.2 Å². The smallest absolute Gasteiger partial charge is 0.264 e. The van der Waals surface area contributed by atoms with Gasteiger partial charge in [0.2, 0.25) is 11.8 Å². The van der Waals surface area contributed by atoms with Gasteiger partial charge in [0.15, 0.2) is 0 Å². The molecular formula is C34H35BrClN3O4S. The Labute approximate surface area is 273 Å². The van der Waals surface area contributed by atoms with E-state index in [2.05, 4.69) is 21.2 Å². The Kier molecular flexibility index (Phi) is 10.9. The molecule has 0 bridgehead atoms. The quantitative estimate of drug-likeness (QED) is 0.186. The summed E-state index contributed by atoms with van der Waals surface area (Å²) >= 11 is 9.54. The Hall–Kier alpha value is -3.66. The highest BCUT2D eigenvalue weighted by Crippen LogP contribution is 2.26. The van der Waals surface area contributed by atoms with Crippen LogP contribution in [0.4, 0.5) is 5.69 Å². The van der Waals surface area contributed by atoms with Gasteiger partial charge in [-0.3, -0.25) is 13.9 Å². The van der Waals surface area contributed by atoms with Gasteiger partial charge in [-0.25, -0.2) is 8.42 Å². The highest BCUT2D eigenvalue weighted by molar-refractivity contribution is 9.10. The Morgan fingerprint density at radius 1 is 0.841 bits per heavy atom. The van der Waals surface area contributed by atoms with Gasteiger partial charge in [-0.2, -0.15) is 0 Å². The molecule has 0 radical (unpaired) electrons. The fourth-order valence-electron chi connectivity index (χ4n) is 4.70. The Morgan fingerprint density at radius 2 is 1.43 bits per heavy atom. The van der Waals surface area contributed by atoms with Gasteiger partial charge >= 0.3 is 0 Å². The number of para-hydroxylation sites is 1. The molecule has 0 aliphatic heterocycles. The van der Waals surface area contributed by atoms with E-state index in [1.807, 2.05) is 75.4 Å². The molecule has 0 spiro atoms. The lowest BCUT2D eigenvalue weighted by Gasteiger charge is -2.35. The first-order chi connectivity index (χ1) is 20.8. The fraction of sp³-hybridized carbons (Fsp3) is 0.235. The molecule has 0 aromatic heterocycles. The number of amides is 2. The molecule has 0 aliphatic rings. The standard InChI is InChI=1S/C34H35BrClN3O4S/c1-34(2,3)37-33(41)31(22-25-11-6-4-7-12-25)38(23-26-13-10-14-27(35)21-26)32(40)24-39(29-15-8-5-9-16-29)44(42,43)30-19-17-28(36)18-20-30/h4-21,31H,22-24H2,1-3H3,(H,37,41)/t31-/m1/s1. The first-order valence-electron chi connectivity index (χ1n) is 14.1. The van der Waals surface area contributed by atoms with Crippen LogP contribution in [-0.4, -0.2) is 43.3 Å². The second-order valence-corrected chi connectivity index (χ2v) is 14.6. The van der Waals surface area contributed by atoms with E-state index in [0.717, 1.165) is 19.9 Å². The number of benzene rings is 4. The van der Waals surface area contributed by atoms with Crippen molar-refractivity contribution in [2.75, 3.05) is 10.8 Å². The Bertz CT molecular complexity index is 1680. The Morgan fingerprint density at radius 3 is 2.02 bits per heavy atom. The van der Waals surface area contributed by atoms with Crippen LogP contribution < -0.4 is 9.62 Å². The van der Waals surface area contributed by atoms with E-state index in [4.69, 9.17) is 11.6 Å². The van der Waals surface area contributed by atoms with Gasteiger partial charge in [0.1, 0.15) is 12.6 Å². The number of hydrogen-bond acceptors (Lipinski definition) is 4. The number of sulfonamides is 1. The number of carbonyl (C=O) groups is 2. The average Bonchev–Trinajstić information content (AvgIpc) is 2.98. The second-order valence-electron chi connectivity index (χ2n) is 11.4. The monoisotopic (exact) mass is 695 g/mol. The van der Waals surface area contributed by atoms with Crippen molar-refractivity contribution in [3.05, 3.63) is 130 Å². The normalized spacial score (nSPS) is 12.3. The summed E-state index contributed by atoms with van der Waals surface area (Å²) in [6, 6.07) is 30.2. The van der Waals surface area contributed by atoms with Crippen LogP contribution in [0.3, 0.4) is 0 Å². The molecule has 0 saturated carbocycles. The number of nitrogens with one attached hydrogen (secondary N) is 1. The van der Waals surface area contributed by atoms with E-state index in [1.54, 1.807) is 30.3 Å². The van der Waals surface area contributed by atoms with E-state index < -0.39 is 34.1 Å². The summed E-state index contributed by atoms with van der Waals surface area (Å²) < 4.78 is 29.9. The molecule has 4 aromatic carbocycles. The lowest BCUT2D eigenvalue weighted by Crippen LogP contribution is -2.56. The number of halogens is 2. The van der Waals surface area contributed by atoms with Gasteiger partial charge in [-0.1, -0.05) is 88.2 Å². The first kappa shape index (κ1) is 33.2. The topological polar surface area (TPSA) is 86.8 Å².